The topological polar surface area (TPSA) is 33.1 Å². The molecule has 0 aliphatic rings. The van der Waals surface area contributed by atoms with Crippen molar-refractivity contribution in [3.8, 4) is 5.75 Å². The van der Waals surface area contributed by atoms with Gasteiger partial charge in [0.25, 0.3) is 0 Å². The molecule has 2 nitrogen and oxygen atoms in total. The monoisotopic (exact) mass is 309 g/mol. The van der Waals surface area contributed by atoms with Crippen LogP contribution in [0.3, 0.4) is 0 Å². The van der Waals surface area contributed by atoms with Gasteiger partial charge >= 0.3 is 0 Å². The van der Waals surface area contributed by atoms with E-state index in [1.54, 1.807) is 6.20 Å². The molecule has 0 aliphatic heterocycles. The minimum atomic E-state index is -0.112. The zero-order valence-electron chi connectivity index (χ0n) is 15.0. The van der Waals surface area contributed by atoms with E-state index in [4.69, 9.17) is 0 Å². The number of hydrogen-bond acceptors (Lipinski definition) is 2. The number of hydrogen-bond donors (Lipinski definition) is 1. The number of rotatable bonds is 2. The van der Waals surface area contributed by atoms with Crippen molar-refractivity contribution in [3.63, 3.8) is 0 Å². The first-order valence-electron chi connectivity index (χ1n) is 8.06. The molecular weight excluding hydrogens is 282 g/mol. The molecule has 1 aromatic carbocycles. The second-order valence-corrected chi connectivity index (χ2v) is 8.05. The van der Waals surface area contributed by atoms with E-state index >= 15 is 0 Å². The third-order valence-electron chi connectivity index (χ3n) is 3.88. The highest BCUT2D eigenvalue weighted by Crippen LogP contribution is 2.40. The summed E-state index contributed by atoms with van der Waals surface area (Å²) in [6.45, 7) is 12.8. The second kappa shape index (κ2) is 6.19. The summed E-state index contributed by atoms with van der Waals surface area (Å²) in [7, 11) is 0. The third kappa shape index (κ3) is 4.22. The van der Waals surface area contributed by atoms with Crippen molar-refractivity contribution in [3.05, 3.63) is 58.9 Å². The Kier molecular flexibility index (Phi) is 4.65. The smallest absolute Gasteiger partial charge is 0.123 e. The van der Waals surface area contributed by atoms with E-state index < -0.39 is 0 Å². The van der Waals surface area contributed by atoms with Crippen LogP contribution in [-0.4, -0.2) is 10.1 Å². The van der Waals surface area contributed by atoms with Gasteiger partial charge in [-0.2, -0.15) is 0 Å². The number of aromatic hydroxyl groups is 1. The molecule has 1 aromatic heterocycles. The molecule has 0 aliphatic carbocycles. The molecule has 1 heterocycles. The van der Waals surface area contributed by atoms with Gasteiger partial charge in [0, 0.05) is 17.3 Å². The third-order valence-corrected chi connectivity index (χ3v) is 3.88. The Hall–Kier alpha value is -2.09. The summed E-state index contributed by atoms with van der Waals surface area (Å²) in [5.74, 6) is 0.417. The van der Waals surface area contributed by atoms with E-state index in [9.17, 15) is 5.11 Å². The molecule has 2 aromatic rings. The van der Waals surface area contributed by atoms with Gasteiger partial charge in [-0.15, -0.1) is 0 Å². The standard InChI is InChI=1S/C21H27NO/c1-20(2,3)17-13-15(10-11-16-9-7-8-12-22-16)14-18(19(17)23)21(4,5)6/h7-14,23H,1-6H3/b11-10+. The maximum Gasteiger partial charge on any atom is 0.123 e. The molecule has 2 rings (SSSR count). The molecule has 0 spiro atoms. The molecular formula is C21H27NO. The van der Waals surface area contributed by atoms with E-state index in [1.807, 2.05) is 24.3 Å². The lowest BCUT2D eigenvalue weighted by Gasteiger charge is -2.27. The van der Waals surface area contributed by atoms with Gasteiger partial charge in [-0.25, -0.2) is 0 Å². The van der Waals surface area contributed by atoms with Crippen molar-refractivity contribution in [2.24, 2.45) is 0 Å². The van der Waals surface area contributed by atoms with Gasteiger partial charge in [0.1, 0.15) is 5.75 Å². The number of phenols is 1. The van der Waals surface area contributed by atoms with E-state index in [0.717, 1.165) is 22.4 Å². The average Bonchev–Trinajstić information content (AvgIpc) is 2.44. The average molecular weight is 309 g/mol. The quantitative estimate of drug-likeness (QED) is 0.788. The van der Waals surface area contributed by atoms with Gasteiger partial charge in [0.15, 0.2) is 0 Å². The summed E-state index contributed by atoms with van der Waals surface area (Å²) < 4.78 is 0. The molecule has 0 amide bonds. The van der Waals surface area contributed by atoms with Crippen molar-refractivity contribution in [2.45, 2.75) is 52.4 Å². The molecule has 0 unspecified atom stereocenters. The maximum absolute atomic E-state index is 10.7. The molecule has 122 valence electrons. The van der Waals surface area contributed by atoms with Crippen molar-refractivity contribution in [1.29, 1.82) is 0 Å². The highest BCUT2D eigenvalue weighted by Gasteiger charge is 2.26. The van der Waals surface area contributed by atoms with Crippen LogP contribution < -0.4 is 0 Å². The van der Waals surface area contributed by atoms with Gasteiger partial charge in [-0.1, -0.05) is 53.7 Å². The molecule has 1 N–H and O–H groups in total. The predicted molar refractivity (Wildman–Crippen MR) is 98.7 cm³/mol. The zero-order valence-corrected chi connectivity index (χ0v) is 15.0. The predicted octanol–water partition coefficient (Wildman–Crippen LogP) is 5.55. The summed E-state index contributed by atoms with van der Waals surface area (Å²) in [6.07, 6.45) is 5.86. The Balaban J connectivity index is 2.54. The minimum Gasteiger partial charge on any atom is -0.507 e. The van der Waals surface area contributed by atoms with Crippen molar-refractivity contribution in [1.82, 2.24) is 4.98 Å². The molecule has 0 bridgehead atoms. The number of phenolic OH excluding ortho intramolecular Hbond substituents is 1. The van der Waals surface area contributed by atoms with Crippen molar-refractivity contribution < 1.29 is 5.11 Å². The second-order valence-electron chi connectivity index (χ2n) is 8.05. The fourth-order valence-corrected chi connectivity index (χ4v) is 2.55. The zero-order chi connectivity index (χ0) is 17.3. The van der Waals surface area contributed by atoms with E-state index in [-0.39, 0.29) is 10.8 Å². The van der Waals surface area contributed by atoms with Gasteiger partial charge < -0.3 is 5.11 Å². The molecule has 0 saturated carbocycles. The van der Waals surface area contributed by atoms with Crippen LogP contribution >= 0.6 is 0 Å². The molecule has 2 heteroatoms. The van der Waals surface area contributed by atoms with E-state index in [0.29, 0.717) is 5.75 Å². The molecule has 0 atom stereocenters. The summed E-state index contributed by atoms with van der Waals surface area (Å²) in [4.78, 5) is 4.32. The fourth-order valence-electron chi connectivity index (χ4n) is 2.55. The van der Waals surface area contributed by atoms with E-state index in [1.165, 1.54) is 0 Å². The summed E-state index contributed by atoms with van der Waals surface area (Å²) >= 11 is 0. The molecule has 0 radical (unpaired) electrons. The summed E-state index contributed by atoms with van der Waals surface area (Å²) in [6, 6.07) is 10.0. The SMILES string of the molecule is CC(C)(C)c1cc(/C=C/c2ccccn2)cc(C(C)(C)C)c1O. The van der Waals surface area contributed by atoms with Crippen LogP contribution in [-0.2, 0) is 10.8 Å². The first kappa shape index (κ1) is 17.3. The Labute approximate surface area is 139 Å². The maximum atomic E-state index is 10.7. The highest BCUT2D eigenvalue weighted by atomic mass is 16.3. The number of benzene rings is 1. The van der Waals surface area contributed by atoms with Crippen LogP contribution in [0.2, 0.25) is 0 Å². The van der Waals surface area contributed by atoms with Crippen LogP contribution in [0.25, 0.3) is 12.2 Å². The molecule has 0 fully saturated rings. The minimum absolute atomic E-state index is 0.112. The van der Waals surface area contributed by atoms with Crippen LogP contribution in [0.5, 0.6) is 5.75 Å². The van der Waals surface area contributed by atoms with Crippen LogP contribution in [0, 0.1) is 0 Å². The van der Waals surface area contributed by atoms with Gasteiger partial charge in [0.2, 0.25) is 0 Å². The van der Waals surface area contributed by atoms with Crippen LogP contribution in [0.4, 0.5) is 0 Å². The van der Waals surface area contributed by atoms with Crippen LogP contribution in [0.1, 0.15) is 63.9 Å². The largest absolute Gasteiger partial charge is 0.507 e. The fraction of sp³-hybridized carbons (Fsp3) is 0.381. The first-order chi connectivity index (χ1) is 10.6. The summed E-state index contributed by atoms with van der Waals surface area (Å²) in [5, 5.41) is 10.7. The van der Waals surface area contributed by atoms with Gasteiger partial charge in [-0.3, -0.25) is 4.98 Å². The normalized spacial score (nSPS) is 12.8. The lowest BCUT2D eigenvalue weighted by atomic mass is 9.78. The molecule has 23 heavy (non-hydrogen) atoms. The first-order valence-corrected chi connectivity index (χ1v) is 8.06. The highest BCUT2D eigenvalue weighted by molar-refractivity contribution is 5.70. The summed E-state index contributed by atoms with van der Waals surface area (Å²) in [5.41, 5.74) is 3.74. The van der Waals surface area contributed by atoms with Gasteiger partial charge in [-0.05, 0) is 46.7 Å². The lowest BCUT2D eigenvalue weighted by Crippen LogP contribution is -2.17. The Morgan fingerprint density at radius 1 is 0.870 bits per heavy atom. The molecule has 0 saturated heterocycles. The Morgan fingerprint density at radius 2 is 1.43 bits per heavy atom. The lowest BCUT2D eigenvalue weighted by molar-refractivity contribution is 0.423. The van der Waals surface area contributed by atoms with E-state index in [2.05, 4.69) is 64.7 Å². The number of pyridine rings is 1. The Bertz CT molecular complexity index is 666. The number of nitrogens with zero attached hydrogens (tertiary/aromatic N) is 1. The van der Waals surface area contributed by atoms with Crippen molar-refractivity contribution in [2.75, 3.05) is 0 Å². The Morgan fingerprint density at radius 3 is 1.87 bits per heavy atom. The number of aromatic nitrogens is 1. The van der Waals surface area contributed by atoms with Crippen LogP contribution in [0.15, 0.2) is 36.5 Å². The van der Waals surface area contributed by atoms with Gasteiger partial charge in [0.05, 0.1) is 5.69 Å². The van der Waals surface area contributed by atoms with Crippen molar-refractivity contribution >= 4 is 12.2 Å².